The number of rotatable bonds is 3. The Balaban J connectivity index is 2.40. The van der Waals surface area contributed by atoms with Crippen molar-refractivity contribution in [3.8, 4) is 5.75 Å². The van der Waals surface area contributed by atoms with Gasteiger partial charge in [0.15, 0.2) is 0 Å². The second-order valence-electron chi connectivity index (χ2n) is 4.40. The normalized spacial score (nSPS) is 22.3. The average Bonchev–Trinajstić information content (AvgIpc) is 2.89. The highest BCUT2D eigenvalue weighted by atomic mass is 35.5. The molecule has 2 atom stereocenters. The van der Waals surface area contributed by atoms with Gasteiger partial charge in [-0.1, -0.05) is 23.2 Å². The summed E-state index contributed by atoms with van der Waals surface area (Å²) in [5, 5.41) is 4.07. The monoisotopic (exact) mass is 303 g/mol. The summed E-state index contributed by atoms with van der Waals surface area (Å²) in [5.41, 5.74) is 0.873. The molecule has 19 heavy (non-hydrogen) atoms. The number of nitrogens with one attached hydrogen (secondary N) is 1. The number of carbonyl (C=O) groups is 1. The summed E-state index contributed by atoms with van der Waals surface area (Å²) in [5.74, 6) is 0.133. The van der Waals surface area contributed by atoms with Crippen LogP contribution in [0.25, 0.3) is 0 Å². The molecule has 0 amide bonds. The third-order valence-corrected chi connectivity index (χ3v) is 4.11. The van der Waals surface area contributed by atoms with Gasteiger partial charge < -0.3 is 14.8 Å². The Morgan fingerprint density at radius 2 is 1.95 bits per heavy atom. The lowest BCUT2D eigenvalue weighted by Crippen LogP contribution is -2.23. The molecule has 4 nitrogen and oxygen atoms in total. The molecule has 6 heteroatoms. The van der Waals surface area contributed by atoms with Crippen LogP contribution in [0.1, 0.15) is 11.5 Å². The van der Waals surface area contributed by atoms with Crippen molar-refractivity contribution < 1.29 is 14.3 Å². The van der Waals surface area contributed by atoms with Crippen molar-refractivity contribution in [3.63, 3.8) is 0 Å². The molecule has 104 valence electrons. The molecule has 0 unspecified atom stereocenters. The minimum Gasteiger partial charge on any atom is -0.496 e. The van der Waals surface area contributed by atoms with E-state index < -0.39 is 0 Å². The predicted octanol–water partition coefficient (Wildman–Crippen LogP) is 2.48. The molecule has 1 heterocycles. The molecule has 1 aromatic rings. The first-order valence-electron chi connectivity index (χ1n) is 5.90. The topological polar surface area (TPSA) is 47.6 Å². The third kappa shape index (κ3) is 2.81. The van der Waals surface area contributed by atoms with Crippen LogP contribution >= 0.6 is 23.2 Å². The van der Waals surface area contributed by atoms with E-state index in [1.54, 1.807) is 19.2 Å². The van der Waals surface area contributed by atoms with E-state index >= 15 is 0 Å². The van der Waals surface area contributed by atoms with Gasteiger partial charge in [-0.05, 0) is 6.07 Å². The summed E-state index contributed by atoms with van der Waals surface area (Å²) < 4.78 is 10.2. The summed E-state index contributed by atoms with van der Waals surface area (Å²) in [6.45, 7) is 1.26. The average molecular weight is 304 g/mol. The standard InChI is InChI=1S/C13H15Cl2NO3/c1-18-12-4-11(15)10(14)3-7(12)8-5-16-6-9(8)13(17)19-2/h3-4,8-9,16H,5-6H2,1-2H3/t8-,9-/m0/s1. The molecule has 1 N–H and O–H groups in total. The molecule has 0 saturated carbocycles. The second-order valence-corrected chi connectivity index (χ2v) is 5.22. The first kappa shape index (κ1) is 14.4. The molecule has 1 aliphatic rings. The number of esters is 1. The van der Waals surface area contributed by atoms with Crippen LogP contribution in [-0.4, -0.2) is 33.3 Å². The predicted molar refractivity (Wildman–Crippen MR) is 74.1 cm³/mol. The zero-order chi connectivity index (χ0) is 14.0. The highest BCUT2D eigenvalue weighted by Gasteiger charge is 2.36. The van der Waals surface area contributed by atoms with Crippen LogP contribution in [0, 0.1) is 5.92 Å². The van der Waals surface area contributed by atoms with E-state index in [9.17, 15) is 4.79 Å². The fourth-order valence-corrected chi connectivity index (χ4v) is 2.74. The zero-order valence-electron chi connectivity index (χ0n) is 10.7. The molecule has 0 spiro atoms. The van der Waals surface area contributed by atoms with Crippen LogP contribution in [0.4, 0.5) is 0 Å². The van der Waals surface area contributed by atoms with E-state index in [0.29, 0.717) is 28.9 Å². The number of ether oxygens (including phenoxy) is 2. The summed E-state index contributed by atoms with van der Waals surface area (Å²) in [6, 6.07) is 3.43. The van der Waals surface area contributed by atoms with E-state index in [4.69, 9.17) is 32.7 Å². The number of methoxy groups -OCH3 is 2. The Hall–Kier alpha value is -0.970. The van der Waals surface area contributed by atoms with E-state index in [1.165, 1.54) is 7.11 Å². The summed E-state index contributed by atoms with van der Waals surface area (Å²) in [7, 11) is 2.96. The number of benzene rings is 1. The summed E-state index contributed by atoms with van der Waals surface area (Å²) in [4.78, 5) is 11.8. The first-order chi connectivity index (χ1) is 9.08. The van der Waals surface area contributed by atoms with Crippen LogP contribution in [-0.2, 0) is 9.53 Å². The lowest BCUT2D eigenvalue weighted by molar-refractivity contribution is -0.145. The number of halogens is 2. The Kier molecular flexibility index (Phi) is 4.55. The van der Waals surface area contributed by atoms with Gasteiger partial charge in [-0.3, -0.25) is 4.79 Å². The van der Waals surface area contributed by atoms with Gasteiger partial charge >= 0.3 is 5.97 Å². The van der Waals surface area contributed by atoms with Gasteiger partial charge in [0.05, 0.1) is 30.2 Å². The molecule has 0 aromatic heterocycles. The quantitative estimate of drug-likeness (QED) is 0.872. The van der Waals surface area contributed by atoms with E-state index in [-0.39, 0.29) is 17.8 Å². The maximum atomic E-state index is 11.8. The number of carbonyl (C=O) groups excluding carboxylic acids is 1. The third-order valence-electron chi connectivity index (χ3n) is 3.39. The molecule has 1 fully saturated rings. The highest BCUT2D eigenvalue weighted by Crippen LogP contribution is 2.39. The van der Waals surface area contributed by atoms with Crippen molar-refractivity contribution in [2.75, 3.05) is 27.3 Å². The van der Waals surface area contributed by atoms with Crippen LogP contribution in [0.15, 0.2) is 12.1 Å². The molecule has 1 saturated heterocycles. The number of hydrogen-bond donors (Lipinski definition) is 1. The maximum absolute atomic E-state index is 11.8. The van der Waals surface area contributed by atoms with Gasteiger partial charge in [-0.2, -0.15) is 0 Å². The smallest absolute Gasteiger partial charge is 0.310 e. The second kappa shape index (κ2) is 5.99. The summed E-state index contributed by atoms with van der Waals surface area (Å²) in [6.07, 6.45) is 0. The Morgan fingerprint density at radius 1 is 1.26 bits per heavy atom. The van der Waals surface area contributed by atoms with Crippen LogP contribution < -0.4 is 10.1 Å². The van der Waals surface area contributed by atoms with Gasteiger partial charge in [0.2, 0.25) is 0 Å². The molecular formula is C13H15Cl2NO3. The molecule has 1 aromatic carbocycles. The molecule has 1 aliphatic heterocycles. The van der Waals surface area contributed by atoms with Crippen LogP contribution in [0.5, 0.6) is 5.75 Å². The van der Waals surface area contributed by atoms with Gasteiger partial charge in [-0.15, -0.1) is 0 Å². The summed E-state index contributed by atoms with van der Waals surface area (Å²) >= 11 is 12.0. The van der Waals surface area contributed by atoms with Crippen molar-refractivity contribution in [3.05, 3.63) is 27.7 Å². The molecule has 0 radical (unpaired) electrons. The SMILES string of the molecule is COC(=O)[C@H]1CNC[C@H]1c1cc(Cl)c(Cl)cc1OC. The maximum Gasteiger partial charge on any atom is 0.310 e. The Morgan fingerprint density at radius 3 is 2.58 bits per heavy atom. The van der Waals surface area contributed by atoms with Crippen molar-refractivity contribution in [1.82, 2.24) is 5.32 Å². The molecule has 0 aliphatic carbocycles. The minimum atomic E-state index is -0.240. The van der Waals surface area contributed by atoms with Crippen molar-refractivity contribution in [2.24, 2.45) is 5.92 Å². The zero-order valence-corrected chi connectivity index (χ0v) is 12.2. The van der Waals surface area contributed by atoms with E-state index in [2.05, 4.69) is 5.32 Å². The van der Waals surface area contributed by atoms with Crippen molar-refractivity contribution >= 4 is 29.2 Å². The van der Waals surface area contributed by atoms with E-state index in [1.807, 2.05) is 0 Å². The van der Waals surface area contributed by atoms with Gasteiger partial charge in [0.25, 0.3) is 0 Å². The fourth-order valence-electron chi connectivity index (χ4n) is 2.42. The largest absolute Gasteiger partial charge is 0.496 e. The molecule has 0 bridgehead atoms. The fraction of sp³-hybridized carbons (Fsp3) is 0.462. The van der Waals surface area contributed by atoms with Crippen LogP contribution in [0.3, 0.4) is 0 Å². The van der Waals surface area contributed by atoms with Crippen LogP contribution in [0.2, 0.25) is 10.0 Å². The molecule has 2 rings (SSSR count). The van der Waals surface area contributed by atoms with Crippen molar-refractivity contribution in [2.45, 2.75) is 5.92 Å². The Labute approximate surface area is 122 Å². The van der Waals surface area contributed by atoms with Gasteiger partial charge in [-0.25, -0.2) is 0 Å². The van der Waals surface area contributed by atoms with E-state index in [0.717, 1.165) is 5.56 Å². The first-order valence-corrected chi connectivity index (χ1v) is 6.65. The Bertz CT molecular complexity index is 493. The lowest BCUT2D eigenvalue weighted by atomic mass is 9.88. The van der Waals surface area contributed by atoms with Gasteiger partial charge in [0, 0.05) is 30.6 Å². The van der Waals surface area contributed by atoms with Crippen molar-refractivity contribution in [1.29, 1.82) is 0 Å². The number of hydrogen-bond acceptors (Lipinski definition) is 4. The van der Waals surface area contributed by atoms with Gasteiger partial charge in [0.1, 0.15) is 5.75 Å². The highest BCUT2D eigenvalue weighted by molar-refractivity contribution is 6.42. The molecular weight excluding hydrogens is 289 g/mol. The lowest BCUT2D eigenvalue weighted by Gasteiger charge is -2.20. The minimum absolute atomic E-state index is 0.0304.